The summed E-state index contributed by atoms with van der Waals surface area (Å²) in [6.07, 6.45) is -0.548. The van der Waals surface area contributed by atoms with Crippen LogP contribution < -0.4 is 4.74 Å². The molecule has 0 aliphatic rings. The lowest BCUT2D eigenvalue weighted by Crippen LogP contribution is -2.19. The summed E-state index contributed by atoms with van der Waals surface area (Å²) in [5.74, 6) is 1.25. The number of aromatic nitrogens is 1. The molecule has 3 rings (SSSR count). The first-order chi connectivity index (χ1) is 10.7. The van der Waals surface area contributed by atoms with E-state index in [4.69, 9.17) is 16.3 Å². The zero-order valence-corrected chi connectivity index (χ0v) is 14.0. The molecule has 0 aliphatic heterocycles. The predicted octanol–water partition coefficient (Wildman–Crippen LogP) is 4.48. The Kier molecular flexibility index (Phi) is 5.20. The highest BCUT2D eigenvalue weighted by atomic mass is 35.5. The third-order valence-electron chi connectivity index (χ3n) is 2.93. The second kappa shape index (κ2) is 7.33. The Morgan fingerprint density at radius 1 is 1.18 bits per heavy atom. The van der Waals surface area contributed by atoms with Gasteiger partial charge in [0.1, 0.15) is 12.4 Å². The van der Waals surface area contributed by atoms with Gasteiger partial charge in [0.2, 0.25) is 0 Å². The topological polar surface area (TPSA) is 42.4 Å². The van der Waals surface area contributed by atoms with Crippen molar-refractivity contribution in [2.24, 2.45) is 0 Å². The lowest BCUT2D eigenvalue weighted by molar-refractivity contribution is 0.126. The monoisotopic (exact) mass is 351 g/mol. The molecule has 114 valence electrons. The number of hydrogen-bond acceptors (Lipinski definition) is 5. The first-order valence-electron chi connectivity index (χ1n) is 6.75. The molecule has 3 nitrogen and oxygen atoms in total. The molecule has 2 aromatic carbocycles. The number of ether oxygens (including phenoxy) is 1. The van der Waals surface area contributed by atoms with Crippen molar-refractivity contribution in [3.8, 4) is 5.75 Å². The first-order valence-corrected chi connectivity index (χ1v) is 8.93. The van der Waals surface area contributed by atoms with Crippen LogP contribution in [-0.2, 0) is 0 Å². The van der Waals surface area contributed by atoms with Crippen molar-refractivity contribution >= 4 is 44.9 Å². The molecule has 1 heterocycles. The zero-order chi connectivity index (χ0) is 15.4. The summed E-state index contributed by atoms with van der Waals surface area (Å²) in [7, 11) is 0. The van der Waals surface area contributed by atoms with E-state index in [1.165, 1.54) is 0 Å². The van der Waals surface area contributed by atoms with Crippen LogP contribution in [0.25, 0.3) is 10.2 Å². The van der Waals surface area contributed by atoms with Crippen LogP contribution in [0.4, 0.5) is 0 Å². The average Bonchev–Trinajstić information content (AvgIpc) is 2.95. The minimum atomic E-state index is -0.548. The van der Waals surface area contributed by atoms with Crippen LogP contribution in [0, 0.1) is 0 Å². The quantitative estimate of drug-likeness (QED) is 0.665. The summed E-state index contributed by atoms with van der Waals surface area (Å²) in [6.45, 7) is 0.250. The van der Waals surface area contributed by atoms with E-state index >= 15 is 0 Å². The Balaban J connectivity index is 1.49. The molecule has 0 radical (unpaired) electrons. The zero-order valence-electron chi connectivity index (χ0n) is 11.6. The number of hydrogen-bond donors (Lipinski definition) is 1. The van der Waals surface area contributed by atoms with Crippen molar-refractivity contribution < 1.29 is 9.84 Å². The normalized spacial score (nSPS) is 12.5. The molecule has 0 saturated heterocycles. The van der Waals surface area contributed by atoms with Gasteiger partial charge in [-0.25, -0.2) is 4.98 Å². The van der Waals surface area contributed by atoms with E-state index in [2.05, 4.69) is 11.1 Å². The number of thioether (sulfide) groups is 1. The highest BCUT2D eigenvalue weighted by Crippen LogP contribution is 2.29. The van der Waals surface area contributed by atoms with E-state index in [1.54, 1.807) is 47.4 Å². The van der Waals surface area contributed by atoms with E-state index in [9.17, 15) is 5.11 Å². The second-order valence-electron chi connectivity index (χ2n) is 4.68. The van der Waals surface area contributed by atoms with Crippen LogP contribution in [-0.4, -0.2) is 28.6 Å². The summed E-state index contributed by atoms with van der Waals surface area (Å²) in [5, 5.41) is 10.7. The number of aliphatic hydroxyl groups is 1. The number of thiazole rings is 1. The summed E-state index contributed by atoms with van der Waals surface area (Å²) >= 11 is 9.00. The van der Waals surface area contributed by atoms with Gasteiger partial charge in [-0.2, -0.15) is 0 Å². The fourth-order valence-corrected chi connectivity index (χ4v) is 3.98. The number of nitrogens with zero attached hydrogens (tertiary/aromatic N) is 1. The predicted molar refractivity (Wildman–Crippen MR) is 93.3 cm³/mol. The van der Waals surface area contributed by atoms with Gasteiger partial charge in [0.25, 0.3) is 0 Å². The molecule has 1 aromatic heterocycles. The summed E-state index contributed by atoms with van der Waals surface area (Å²) in [4.78, 5) is 4.53. The lowest BCUT2D eigenvalue weighted by atomic mass is 10.3. The summed E-state index contributed by atoms with van der Waals surface area (Å²) in [5.41, 5.74) is 1.00. The van der Waals surface area contributed by atoms with Crippen LogP contribution in [0.1, 0.15) is 0 Å². The molecular weight excluding hydrogens is 338 g/mol. The van der Waals surface area contributed by atoms with E-state index in [0.717, 1.165) is 14.6 Å². The molecule has 0 saturated carbocycles. The molecule has 22 heavy (non-hydrogen) atoms. The van der Waals surface area contributed by atoms with Crippen molar-refractivity contribution in [3.05, 3.63) is 53.6 Å². The lowest BCUT2D eigenvalue weighted by Gasteiger charge is -2.11. The van der Waals surface area contributed by atoms with Gasteiger partial charge in [0, 0.05) is 10.8 Å². The molecule has 0 fully saturated rings. The molecule has 6 heteroatoms. The number of benzene rings is 2. The summed E-state index contributed by atoms with van der Waals surface area (Å²) < 4.78 is 7.66. The summed E-state index contributed by atoms with van der Waals surface area (Å²) in [6, 6.07) is 15.1. The maximum atomic E-state index is 10.0. The molecule has 0 amide bonds. The van der Waals surface area contributed by atoms with Gasteiger partial charge in [0.15, 0.2) is 4.34 Å². The van der Waals surface area contributed by atoms with Crippen LogP contribution in [0.2, 0.25) is 5.02 Å². The molecule has 1 N–H and O–H groups in total. The molecule has 1 atom stereocenters. The van der Waals surface area contributed by atoms with E-state index in [0.29, 0.717) is 16.5 Å². The minimum absolute atomic E-state index is 0.250. The van der Waals surface area contributed by atoms with E-state index in [-0.39, 0.29) is 6.61 Å². The largest absolute Gasteiger partial charge is 0.491 e. The van der Waals surface area contributed by atoms with Gasteiger partial charge >= 0.3 is 0 Å². The standard InChI is InChI=1S/C16H14ClNO2S2/c17-11-5-7-13(8-6-11)20-9-12(19)10-21-16-18-14-3-1-2-4-15(14)22-16/h1-8,12,19H,9-10H2/t12-/m0/s1. The Morgan fingerprint density at radius 3 is 2.73 bits per heavy atom. The Bertz CT molecular complexity index is 712. The number of halogens is 1. The number of para-hydroxylation sites is 1. The molecular formula is C16H14ClNO2S2. The highest BCUT2D eigenvalue weighted by molar-refractivity contribution is 8.01. The average molecular weight is 352 g/mol. The van der Waals surface area contributed by atoms with Crippen molar-refractivity contribution in [1.29, 1.82) is 0 Å². The van der Waals surface area contributed by atoms with Crippen LogP contribution in [0.3, 0.4) is 0 Å². The number of fused-ring (bicyclic) bond motifs is 1. The van der Waals surface area contributed by atoms with E-state index < -0.39 is 6.10 Å². The third kappa shape index (κ3) is 4.14. The van der Waals surface area contributed by atoms with Gasteiger partial charge in [-0.15, -0.1) is 11.3 Å². The molecule has 0 spiro atoms. The number of aliphatic hydroxyl groups excluding tert-OH is 1. The fraction of sp³-hybridized carbons (Fsp3) is 0.188. The Morgan fingerprint density at radius 2 is 1.95 bits per heavy atom. The Labute approximate surface area is 141 Å². The number of rotatable bonds is 6. The second-order valence-corrected chi connectivity index (χ2v) is 7.41. The van der Waals surface area contributed by atoms with Crippen LogP contribution >= 0.6 is 34.7 Å². The first kappa shape index (κ1) is 15.6. The molecule has 0 unspecified atom stereocenters. The van der Waals surface area contributed by atoms with E-state index in [1.807, 2.05) is 18.2 Å². The van der Waals surface area contributed by atoms with Crippen LogP contribution in [0.15, 0.2) is 52.9 Å². The van der Waals surface area contributed by atoms with Crippen LogP contribution in [0.5, 0.6) is 5.75 Å². The minimum Gasteiger partial charge on any atom is -0.491 e. The van der Waals surface area contributed by atoms with Gasteiger partial charge in [-0.05, 0) is 36.4 Å². The maximum Gasteiger partial charge on any atom is 0.151 e. The molecule has 0 aliphatic carbocycles. The van der Waals surface area contributed by atoms with Gasteiger partial charge in [-0.1, -0.05) is 35.5 Å². The fourth-order valence-electron chi connectivity index (χ4n) is 1.85. The van der Waals surface area contributed by atoms with Gasteiger partial charge in [0.05, 0.1) is 16.3 Å². The van der Waals surface area contributed by atoms with Crippen molar-refractivity contribution in [2.45, 2.75) is 10.4 Å². The smallest absolute Gasteiger partial charge is 0.151 e. The van der Waals surface area contributed by atoms with Gasteiger partial charge < -0.3 is 9.84 Å². The Hall–Kier alpha value is -1.27. The maximum absolute atomic E-state index is 10.0. The van der Waals surface area contributed by atoms with Crippen molar-refractivity contribution in [1.82, 2.24) is 4.98 Å². The SMILES string of the molecule is O[C@@H](COc1ccc(Cl)cc1)CSc1nc2ccccc2s1. The third-order valence-corrected chi connectivity index (χ3v) is 5.51. The molecule has 0 bridgehead atoms. The van der Waals surface area contributed by atoms with Gasteiger partial charge in [-0.3, -0.25) is 0 Å². The molecule has 3 aromatic rings. The highest BCUT2D eigenvalue weighted by Gasteiger charge is 2.09. The van der Waals surface area contributed by atoms with Crippen molar-refractivity contribution in [3.63, 3.8) is 0 Å². The van der Waals surface area contributed by atoms with Crippen molar-refractivity contribution in [2.75, 3.05) is 12.4 Å².